The highest BCUT2D eigenvalue weighted by Crippen LogP contribution is 2.43. The van der Waals surface area contributed by atoms with Gasteiger partial charge >= 0.3 is 5.97 Å². The largest absolute Gasteiger partial charge is 0.481 e. The molecule has 2 aromatic carbocycles. The molecule has 0 unspecified atom stereocenters. The van der Waals surface area contributed by atoms with Crippen LogP contribution in [0.4, 0.5) is 5.82 Å². The van der Waals surface area contributed by atoms with Crippen LogP contribution in [0, 0.1) is 5.41 Å². The summed E-state index contributed by atoms with van der Waals surface area (Å²) in [5, 5.41) is 19.5. The number of hydrogen-bond acceptors (Lipinski definition) is 9. The second-order valence-electron chi connectivity index (χ2n) is 14.7. The molecule has 4 N–H and O–H groups in total. The van der Waals surface area contributed by atoms with Crippen LogP contribution in [-0.4, -0.2) is 70.5 Å². The van der Waals surface area contributed by atoms with Gasteiger partial charge in [-0.3, -0.25) is 19.3 Å². The number of aromatic nitrogens is 2. The van der Waals surface area contributed by atoms with E-state index in [0.717, 1.165) is 59.2 Å². The van der Waals surface area contributed by atoms with Crippen LogP contribution < -0.4 is 25.4 Å². The summed E-state index contributed by atoms with van der Waals surface area (Å²) in [4.78, 5) is 48.0. The van der Waals surface area contributed by atoms with Crippen molar-refractivity contribution in [1.29, 1.82) is 0 Å². The first-order valence-electron chi connectivity index (χ1n) is 18.5. The first-order chi connectivity index (χ1) is 26.5. The van der Waals surface area contributed by atoms with Gasteiger partial charge in [-0.1, -0.05) is 59.6 Å². The van der Waals surface area contributed by atoms with Gasteiger partial charge < -0.3 is 30.5 Å². The molecule has 2 aliphatic heterocycles. The molecule has 7 rings (SSSR count). The lowest BCUT2D eigenvalue weighted by molar-refractivity contribution is -0.151. The zero-order chi connectivity index (χ0) is 38.7. The number of methoxy groups -OCH3 is 1. The molecular weight excluding hydrogens is 743 g/mol. The number of fused-ring (bicyclic) bond motifs is 1. The minimum Gasteiger partial charge on any atom is -0.481 e. The number of nitrogens with zero attached hydrogens (tertiary/aromatic N) is 3. The van der Waals surface area contributed by atoms with Gasteiger partial charge in [0.15, 0.2) is 0 Å². The normalized spacial score (nSPS) is 20.8. The Balaban J connectivity index is 1.01. The number of aliphatic carboxylic acids is 1. The Morgan fingerprint density at radius 1 is 1.07 bits per heavy atom. The number of anilines is 1. The molecule has 3 atom stereocenters. The molecule has 0 radical (unpaired) electrons. The average molecular weight is 788 g/mol. The molecule has 4 heterocycles. The lowest BCUT2D eigenvalue weighted by Gasteiger charge is -2.37. The van der Waals surface area contributed by atoms with Crippen LogP contribution in [0.5, 0.6) is 11.8 Å². The molecule has 0 bridgehead atoms. The van der Waals surface area contributed by atoms with Gasteiger partial charge in [0.2, 0.25) is 17.7 Å². The second kappa shape index (κ2) is 16.5. The first kappa shape index (κ1) is 38.5. The number of carbonyl (C=O) groups is 3. The number of pyridine rings is 2. The highest BCUT2D eigenvalue weighted by molar-refractivity contribution is 6.37. The fourth-order valence-corrected chi connectivity index (χ4v) is 8.35. The number of halogens is 2. The zero-order valence-corrected chi connectivity index (χ0v) is 32.3. The van der Waals surface area contributed by atoms with Gasteiger partial charge in [0.25, 0.3) is 5.91 Å². The fraction of sp³-hybridized carbons (Fsp3) is 0.390. The Kier molecular flexibility index (Phi) is 11.6. The number of likely N-dealkylation sites (tertiary alicyclic amines) is 1. The molecular formula is C41H44Cl2N6O6. The Morgan fingerprint density at radius 2 is 1.89 bits per heavy atom. The van der Waals surface area contributed by atoms with E-state index >= 15 is 0 Å². The van der Waals surface area contributed by atoms with Gasteiger partial charge in [-0.15, -0.1) is 0 Å². The summed E-state index contributed by atoms with van der Waals surface area (Å²) in [6.45, 7) is 4.78. The fourth-order valence-electron chi connectivity index (χ4n) is 7.82. The van der Waals surface area contributed by atoms with Gasteiger partial charge in [0.05, 0.1) is 23.1 Å². The lowest BCUT2D eigenvalue weighted by Crippen LogP contribution is -2.45. The topological polar surface area (TPSA) is 155 Å². The van der Waals surface area contributed by atoms with Crippen molar-refractivity contribution >= 4 is 46.8 Å². The van der Waals surface area contributed by atoms with Crippen molar-refractivity contribution in [1.82, 2.24) is 25.5 Å². The summed E-state index contributed by atoms with van der Waals surface area (Å²) in [5.74, 6) is -0.00686. The van der Waals surface area contributed by atoms with E-state index in [4.69, 9.17) is 32.7 Å². The minimum absolute atomic E-state index is 0.0756. The van der Waals surface area contributed by atoms with Crippen molar-refractivity contribution in [2.75, 3.05) is 32.1 Å². The Labute approximate surface area is 329 Å². The number of hydrogen-bond donors (Lipinski definition) is 4. The van der Waals surface area contributed by atoms with E-state index in [1.165, 1.54) is 0 Å². The van der Waals surface area contributed by atoms with E-state index in [-0.39, 0.29) is 29.8 Å². The predicted octanol–water partition coefficient (Wildman–Crippen LogP) is 6.83. The second-order valence-corrected chi connectivity index (χ2v) is 15.5. The van der Waals surface area contributed by atoms with E-state index in [1.54, 1.807) is 38.4 Å². The maximum absolute atomic E-state index is 13.5. The number of benzene rings is 2. The molecule has 0 saturated carbocycles. The molecule has 2 amide bonds. The molecule has 55 heavy (non-hydrogen) atoms. The number of amides is 2. The van der Waals surface area contributed by atoms with Crippen LogP contribution in [0.25, 0.3) is 11.1 Å². The number of carboxylic acids is 1. The number of nitrogens with one attached hydrogen (secondary N) is 3. The first-order valence-corrected chi connectivity index (χ1v) is 19.3. The molecule has 3 aliphatic rings. The van der Waals surface area contributed by atoms with Gasteiger partial charge in [-0.05, 0) is 86.0 Å². The smallest absolute Gasteiger partial charge is 0.310 e. The van der Waals surface area contributed by atoms with Gasteiger partial charge in [-0.2, -0.15) is 4.98 Å². The molecule has 12 nitrogen and oxygen atoms in total. The van der Waals surface area contributed by atoms with Crippen LogP contribution in [-0.2, 0) is 29.1 Å². The summed E-state index contributed by atoms with van der Waals surface area (Å²) in [7, 11) is 1.56. The van der Waals surface area contributed by atoms with Crippen molar-refractivity contribution in [2.45, 2.75) is 70.7 Å². The standard InChI is InChI=1S/C41H44Cl2N6O6/c1-41(40(52)53)16-5-17-49(23-41)22-24-10-14-34(45-19-24)47-37(51)31-9-4-8-30(36(31)43)27-6-3-7-29-28(27)12-13-33(29)55-39-32(42)18-25(38(48-39)54-2)20-44-21-26-11-15-35(50)46-26/h3-4,6-10,14,18-19,26,33,44H,5,11-13,15-17,20-23H2,1-2H3,(H,46,50)(H,52,53)(H,45,47,51)/t26-,33-,41-/m0/s1. The summed E-state index contributed by atoms with van der Waals surface area (Å²) in [6, 6.07) is 16.9. The van der Waals surface area contributed by atoms with Gasteiger partial charge in [-0.25, -0.2) is 4.98 Å². The summed E-state index contributed by atoms with van der Waals surface area (Å²) in [5.41, 5.74) is 4.99. The molecule has 288 valence electrons. The van der Waals surface area contributed by atoms with Crippen LogP contribution in [0.15, 0.2) is 60.8 Å². The maximum atomic E-state index is 13.5. The molecule has 2 saturated heterocycles. The summed E-state index contributed by atoms with van der Waals surface area (Å²) < 4.78 is 12.0. The molecule has 4 aromatic rings. The van der Waals surface area contributed by atoms with E-state index < -0.39 is 11.4 Å². The molecule has 1 aliphatic carbocycles. The van der Waals surface area contributed by atoms with Crippen molar-refractivity contribution in [2.24, 2.45) is 5.41 Å². The lowest BCUT2D eigenvalue weighted by atomic mass is 9.82. The van der Waals surface area contributed by atoms with Crippen LogP contribution in [0.1, 0.15) is 77.7 Å². The van der Waals surface area contributed by atoms with Gasteiger partial charge in [0.1, 0.15) is 16.9 Å². The average Bonchev–Trinajstić information content (AvgIpc) is 3.78. The number of carboxylic acid groups (broad SMARTS) is 1. The SMILES string of the molecule is COc1nc(O[C@H]2CCc3c(-c4cccc(C(=O)Nc5ccc(CN6CCC[C@](C)(C(=O)O)C6)cn5)c4Cl)cccc32)c(Cl)cc1CNC[C@@H]1CCC(=O)N1. The number of rotatable bonds is 13. The summed E-state index contributed by atoms with van der Waals surface area (Å²) in [6.07, 6.45) is 5.65. The third-order valence-corrected chi connectivity index (χ3v) is 11.4. The van der Waals surface area contributed by atoms with Crippen molar-refractivity contribution in [3.63, 3.8) is 0 Å². The quantitative estimate of drug-likeness (QED) is 0.113. The monoisotopic (exact) mass is 786 g/mol. The van der Waals surface area contributed by atoms with Crippen molar-refractivity contribution in [3.8, 4) is 22.9 Å². The highest BCUT2D eigenvalue weighted by Gasteiger charge is 2.38. The molecule has 2 fully saturated rings. The van der Waals surface area contributed by atoms with Crippen LogP contribution in [0.3, 0.4) is 0 Å². The third-order valence-electron chi connectivity index (χ3n) is 10.7. The maximum Gasteiger partial charge on any atom is 0.310 e. The van der Waals surface area contributed by atoms with E-state index in [9.17, 15) is 19.5 Å². The molecule has 0 spiro atoms. The Hall–Kier alpha value is -4.75. The van der Waals surface area contributed by atoms with Crippen molar-refractivity contribution in [3.05, 3.63) is 98.7 Å². The minimum atomic E-state index is -0.772. The number of carbonyl (C=O) groups excluding carboxylic acids is 2. The van der Waals surface area contributed by atoms with E-state index in [2.05, 4.69) is 30.8 Å². The predicted molar refractivity (Wildman–Crippen MR) is 210 cm³/mol. The number of piperidine rings is 1. The zero-order valence-electron chi connectivity index (χ0n) is 30.8. The molecule has 2 aromatic heterocycles. The third kappa shape index (κ3) is 8.57. The van der Waals surface area contributed by atoms with Crippen LogP contribution in [0.2, 0.25) is 10.0 Å². The number of ether oxygens (including phenoxy) is 2. The van der Waals surface area contributed by atoms with E-state index in [1.807, 2.05) is 36.4 Å². The van der Waals surface area contributed by atoms with Gasteiger partial charge in [0, 0.05) is 56.0 Å². The highest BCUT2D eigenvalue weighted by atomic mass is 35.5. The Morgan fingerprint density at radius 3 is 2.64 bits per heavy atom. The molecule has 14 heteroatoms. The van der Waals surface area contributed by atoms with Crippen molar-refractivity contribution < 1.29 is 29.0 Å². The van der Waals surface area contributed by atoms with Crippen LogP contribution >= 0.6 is 23.2 Å². The summed E-state index contributed by atoms with van der Waals surface area (Å²) >= 11 is 13.7. The van der Waals surface area contributed by atoms with E-state index in [0.29, 0.717) is 72.7 Å². The Bertz CT molecular complexity index is 2100.